The van der Waals surface area contributed by atoms with Gasteiger partial charge in [0.25, 0.3) is 8.18 Å². The summed E-state index contributed by atoms with van der Waals surface area (Å²) < 4.78 is 45.2. The van der Waals surface area contributed by atoms with Crippen LogP contribution in [-0.4, -0.2) is 56.6 Å². The molecule has 0 spiro atoms. The highest BCUT2D eigenvalue weighted by Gasteiger charge is 2.47. The molecule has 0 radical (unpaired) electrons. The van der Waals surface area contributed by atoms with E-state index in [-0.39, 0.29) is 24.4 Å². The Balaban J connectivity index is 1.67. The highest BCUT2D eigenvalue weighted by atomic mass is 31.1. The molecule has 0 bridgehead atoms. The molecule has 4 N–H and O–H groups in total. The summed E-state index contributed by atoms with van der Waals surface area (Å²) in [6, 6.07) is -0.863. The molecule has 2 aromatic heterocycles. The van der Waals surface area contributed by atoms with E-state index in [1.54, 1.807) is 18.4 Å². The lowest BCUT2D eigenvalue weighted by atomic mass is 10.1. The molecule has 1 fully saturated rings. The fraction of sp³-hybridized carbons (Fsp3) is 0.700. The molecule has 190 valence electrons. The fourth-order valence-electron chi connectivity index (χ4n) is 3.66. The molecule has 34 heavy (non-hydrogen) atoms. The van der Waals surface area contributed by atoms with Crippen molar-refractivity contribution >= 4 is 37.1 Å². The van der Waals surface area contributed by atoms with Crippen molar-refractivity contribution in [2.24, 2.45) is 5.92 Å². The van der Waals surface area contributed by atoms with Crippen molar-refractivity contribution in [2.75, 3.05) is 24.2 Å². The predicted molar refractivity (Wildman–Crippen MR) is 125 cm³/mol. The Morgan fingerprint density at radius 1 is 1.44 bits per heavy atom. The molecule has 1 aliphatic rings. The van der Waals surface area contributed by atoms with Crippen molar-refractivity contribution in [3.05, 3.63) is 6.33 Å². The van der Waals surface area contributed by atoms with Crippen LogP contribution in [0.15, 0.2) is 6.33 Å². The molecule has 5 atom stereocenters. The van der Waals surface area contributed by atoms with Crippen molar-refractivity contribution in [1.29, 1.82) is 0 Å². The largest absolute Gasteiger partial charge is 0.462 e. The zero-order chi connectivity index (χ0) is 25.0. The molecular weight excluding hydrogens is 468 g/mol. The number of rotatable bonds is 11. The van der Waals surface area contributed by atoms with E-state index in [1.165, 1.54) is 13.3 Å². The van der Waals surface area contributed by atoms with Crippen molar-refractivity contribution in [2.45, 2.75) is 71.7 Å². The van der Waals surface area contributed by atoms with E-state index >= 15 is 4.39 Å². The summed E-state index contributed by atoms with van der Waals surface area (Å²) >= 11 is 0. The van der Waals surface area contributed by atoms with E-state index in [0.29, 0.717) is 23.5 Å². The Bertz CT molecular complexity index is 1040. The van der Waals surface area contributed by atoms with Gasteiger partial charge in [-0.05, 0) is 27.2 Å². The average Bonchev–Trinajstić information content (AvgIpc) is 3.30. The summed E-state index contributed by atoms with van der Waals surface area (Å²) in [5.74, 6) is -2.48. The van der Waals surface area contributed by atoms with Gasteiger partial charge >= 0.3 is 5.97 Å². The van der Waals surface area contributed by atoms with Crippen LogP contribution in [0.25, 0.3) is 11.2 Å². The van der Waals surface area contributed by atoms with Gasteiger partial charge in [0, 0.05) is 18.9 Å². The first-order valence-electron chi connectivity index (χ1n) is 11.3. The predicted octanol–water partition coefficient (Wildman–Crippen LogP) is 2.79. The quantitative estimate of drug-likeness (QED) is 0.307. The van der Waals surface area contributed by atoms with Gasteiger partial charge in [0.05, 0.1) is 12.4 Å². The van der Waals surface area contributed by atoms with Crippen molar-refractivity contribution < 1.29 is 27.7 Å². The van der Waals surface area contributed by atoms with E-state index < -0.39 is 38.9 Å². The second kappa shape index (κ2) is 10.9. The van der Waals surface area contributed by atoms with Crippen LogP contribution in [0, 0.1) is 5.92 Å². The van der Waals surface area contributed by atoms with Gasteiger partial charge in [-0.1, -0.05) is 13.8 Å². The monoisotopic (exact) mass is 501 g/mol. The van der Waals surface area contributed by atoms with Crippen LogP contribution in [0.2, 0.25) is 0 Å². The second-order valence-corrected chi connectivity index (χ2v) is 9.83. The van der Waals surface area contributed by atoms with Crippen LogP contribution < -0.4 is 16.1 Å². The lowest BCUT2D eigenvalue weighted by Crippen LogP contribution is -2.34. The minimum absolute atomic E-state index is 0.00105. The third-order valence-corrected chi connectivity index (χ3v) is 6.23. The zero-order valence-electron chi connectivity index (χ0n) is 20.0. The second-order valence-electron chi connectivity index (χ2n) is 8.68. The maximum absolute atomic E-state index is 15.5. The molecule has 0 aromatic carbocycles. The Labute approximate surface area is 198 Å². The molecule has 12 nitrogen and oxygen atoms in total. The molecule has 2 aromatic rings. The number of hydrogen-bond donors (Lipinski definition) is 3. The standard InChI is InChI=1S/C20H33FN7O5P/c1-6-7-23-15-14-16(26-19(22)25-15)28(10-24-14)17-12(4)8-20(21,33-17)9-31-34(30)27-13(5)18(29)32-11(2)3/h10-13,17,34H,6-9H2,1-5H3,(H,27,30)(H3,22,23,25,26)/t12-,13-,17+,20-/m0/s1. The number of nitrogen functional groups attached to an aromatic ring is 1. The number of carbonyl (C=O) groups excluding carboxylic acids is 1. The van der Waals surface area contributed by atoms with Gasteiger partial charge in [0.15, 0.2) is 17.0 Å². The minimum atomic E-state index is -2.92. The van der Waals surface area contributed by atoms with Gasteiger partial charge in [-0.2, -0.15) is 9.97 Å². The van der Waals surface area contributed by atoms with Gasteiger partial charge < -0.3 is 25.0 Å². The first-order valence-corrected chi connectivity index (χ1v) is 12.6. The Morgan fingerprint density at radius 2 is 2.18 bits per heavy atom. The van der Waals surface area contributed by atoms with Crippen LogP contribution in [0.5, 0.6) is 0 Å². The molecule has 0 aliphatic carbocycles. The number of hydrogen-bond acceptors (Lipinski definition) is 10. The molecule has 1 unspecified atom stereocenters. The molecule has 0 saturated carbocycles. The van der Waals surface area contributed by atoms with Crippen LogP contribution in [0.3, 0.4) is 0 Å². The summed E-state index contributed by atoms with van der Waals surface area (Å²) in [7, 11) is -2.92. The third-order valence-electron chi connectivity index (χ3n) is 5.16. The number of nitrogens with two attached hydrogens (primary N) is 1. The van der Waals surface area contributed by atoms with Gasteiger partial charge in [0.1, 0.15) is 18.9 Å². The van der Waals surface area contributed by atoms with Gasteiger partial charge in [-0.25, -0.2) is 14.5 Å². The number of nitrogens with zero attached hydrogens (tertiary/aromatic N) is 4. The number of ether oxygens (including phenoxy) is 2. The summed E-state index contributed by atoms with van der Waals surface area (Å²) in [6.45, 7) is 8.86. The molecule has 3 rings (SSSR count). The Morgan fingerprint density at radius 3 is 2.85 bits per heavy atom. The summed E-state index contributed by atoms with van der Waals surface area (Å²) in [6.07, 6.45) is 1.35. The number of aromatic nitrogens is 4. The smallest absolute Gasteiger partial charge is 0.323 e. The summed E-state index contributed by atoms with van der Waals surface area (Å²) in [5.41, 5.74) is 6.79. The van der Waals surface area contributed by atoms with E-state index in [4.69, 9.17) is 19.7 Å². The fourth-order valence-corrected chi connectivity index (χ4v) is 4.56. The molecule has 1 aliphatic heterocycles. The normalized spacial score (nSPS) is 24.4. The van der Waals surface area contributed by atoms with E-state index in [9.17, 15) is 9.36 Å². The lowest BCUT2D eigenvalue weighted by molar-refractivity contribution is -0.172. The number of fused-ring (bicyclic) bond motifs is 1. The summed E-state index contributed by atoms with van der Waals surface area (Å²) in [4.78, 5) is 24.7. The maximum atomic E-state index is 15.5. The topological polar surface area (TPSA) is 156 Å². The van der Waals surface area contributed by atoms with Gasteiger partial charge in [-0.15, -0.1) is 0 Å². The highest BCUT2D eigenvalue weighted by molar-refractivity contribution is 7.36. The van der Waals surface area contributed by atoms with Gasteiger partial charge in [0.2, 0.25) is 11.8 Å². The first kappa shape index (κ1) is 26.3. The Hall–Kier alpha value is -2.34. The minimum Gasteiger partial charge on any atom is -0.462 e. The first-order chi connectivity index (χ1) is 16.0. The number of carbonyl (C=O) groups is 1. The van der Waals surface area contributed by atoms with E-state index in [2.05, 4.69) is 25.4 Å². The van der Waals surface area contributed by atoms with Gasteiger partial charge in [-0.3, -0.25) is 13.9 Å². The number of imidazole rings is 1. The van der Waals surface area contributed by atoms with Crippen molar-refractivity contribution in [3.8, 4) is 0 Å². The number of anilines is 2. The van der Waals surface area contributed by atoms with Crippen molar-refractivity contribution in [3.63, 3.8) is 0 Å². The molecule has 3 heterocycles. The van der Waals surface area contributed by atoms with Crippen molar-refractivity contribution in [1.82, 2.24) is 24.6 Å². The average molecular weight is 502 g/mol. The van der Waals surface area contributed by atoms with Crippen LogP contribution in [-0.2, 0) is 23.4 Å². The maximum Gasteiger partial charge on any atom is 0.323 e. The van der Waals surface area contributed by atoms with Crippen LogP contribution >= 0.6 is 8.18 Å². The Kier molecular flexibility index (Phi) is 8.45. The SMILES string of the molecule is CCCNc1nc(N)nc2c1ncn2[C@@H]1O[C@](F)(CO[PH](=O)N[C@@H](C)C(=O)OC(C)C)C[C@@H]1C. The lowest BCUT2D eigenvalue weighted by Gasteiger charge is -2.22. The number of nitrogens with one attached hydrogen (secondary N) is 2. The summed E-state index contributed by atoms with van der Waals surface area (Å²) in [5, 5.41) is 5.67. The number of alkyl halides is 1. The molecule has 14 heteroatoms. The molecule has 0 amide bonds. The number of esters is 1. The zero-order valence-corrected chi connectivity index (χ0v) is 21.0. The highest BCUT2D eigenvalue weighted by Crippen LogP contribution is 2.44. The molecule has 1 saturated heterocycles. The van der Waals surface area contributed by atoms with Crippen LogP contribution in [0.4, 0.5) is 16.2 Å². The van der Waals surface area contributed by atoms with Crippen LogP contribution in [0.1, 0.15) is 53.7 Å². The number of halogens is 1. The molecular formula is C20H33FN7O5P. The third kappa shape index (κ3) is 6.21. The van der Waals surface area contributed by atoms with E-state index in [1.807, 2.05) is 13.8 Å². The van der Waals surface area contributed by atoms with E-state index in [0.717, 1.165) is 6.42 Å².